The van der Waals surface area contributed by atoms with Crippen LogP contribution in [0, 0.1) is 0 Å². The van der Waals surface area contributed by atoms with Crippen molar-refractivity contribution in [1.82, 2.24) is 39.5 Å². The second-order valence-corrected chi connectivity index (χ2v) is 18.0. The molecule has 371 valence electrons. The van der Waals surface area contributed by atoms with Gasteiger partial charge in [-0.3, -0.25) is 19.2 Å². The van der Waals surface area contributed by atoms with Gasteiger partial charge in [0.2, 0.25) is 0 Å². The molecule has 0 N–H and O–H groups in total. The Hall–Kier alpha value is -8.26. The van der Waals surface area contributed by atoms with Crippen LogP contribution in [0.5, 0.6) is 0 Å². The van der Waals surface area contributed by atoms with Crippen LogP contribution in [-0.4, -0.2) is 108 Å². The van der Waals surface area contributed by atoms with Gasteiger partial charge >= 0.3 is 21.0 Å². The Morgan fingerprint density at radius 2 is 0.581 bits per heavy atom. The molecule has 4 aromatic carbocycles. The van der Waals surface area contributed by atoms with Crippen molar-refractivity contribution in [2.45, 2.75) is 27.7 Å². The van der Waals surface area contributed by atoms with E-state index in [9.17, 15) is 19.2 Å². The predicted octanol–water partition coefficient (Wildman–Crippen LogP) is 10.8. The minimum atomic E-state index is -0.111. The van der Waals surface area contributed by atoms with E-state index in [-0.39, 0.29) is 23.6 Å². The van der Waals surface area contributed by atoms with Crippen LogP contribution in [0.1, 0.15) is 91.9 Å². The number of hydrogen-bond acceptors (Lipinski definition) is 7. The summed E-state index contributed by atoms with van der Waals surface area (Å²) < 4.78 is 8.19. The first-order valence-electron chi connectivity index (χ1n) is 24.5. The number of amides is 4. The Morgan fingerprint density at radius 1 is 0.365 bits per heavy atom. The molecule has 5 heterocycles. The number of fused-ring (bicyclic) bond motifs is 8. The Bertz CT molecular complexity index is 3260. The van der Waals surface area contributed by atoms with Crippen LogP contribution < -0.4 is 9.97 Å². The van der Waals surface area contributed by atoms with Gasteiger partial charge in [0.25, 0.3) is 23.6 Å². The van der Waals surface area contributed by atoms with Gasteiger partial charge in [-0.05, 0) is 145 Å². The maximum absolute atomic E-state index is 13.5. The van der Waals surface area contributed by atoms with Crippen molar-refractivity contribution in [3.05, 3.63) is 166 Å². The molecule has 13 nitrogen and oxygen atoms in total. The Labute approximate surface area is 440 Å². The van der Waals surface area contributed by atoms with E-state index < -0.39 is 0 Å². The molecular formula is C60H56N8O5V. The first-order valence-corrected chi connectivity index (χ1v) is 25.1. The number of rotatable bonds is 12. The summed E-state index contributed by atoms with van der Waals surface area (Å²) in [4.78, 5) is 81.3. The molecule has 0 atom stereocenters. The normalized spacial score (nSPS) is 11.4. The molecule has 2 aliphatic rings. The summed E-state index contributed by atoms with van der Waals surface area (Å²) in [5.74, 6) is -0.309. The third kappa shape index (κ3) is 10.3. The molecule has 4 amide bonds. The molecule has 0 saturated carbocycles. The van der Waals surface area contributed by atoms with Gasteiger partial charge in [0.05, 0.1) is 22.8 Å². The molecule has 14 heteroatoms. The van der Waals surface area contributed by atoms with E-state index >= 15 is 0 Å². The van der Waals surface area contributed by atoms with E-state index in [4.69, 9.17) is 23.6 Å². The van der Waals surface area contributed by atoms with Gasteiger partial charge in [0, 0.05) is 76.6 Å². The standard InChI is InChI=1S/C60H57N8O4.O.V/c1-9-67(10-2)59(71)43-25-17-39(18-26-43)55-49-33-29-45(61-49)53(37-13-21-41(22-14-37)57(69)65(5)6)47-31-35-51(63-47)56(40-19-27-44(28-20-40)60(72)68(11-3)12-4)52-36-32-48(64-52)54(46-30-34-50(55)62-46)38-15-23-42(24-16-38)58(70)66(7)8;;/h13-36H,9-12H2,1-8H3,(H-,61,62,63,64,69,70,71,72);;/q-1;;+2/p-1. The van der Waals surface area contributed by atoms with Gasteiger partial charge in [-0.2, -0.15) is 0 Å². The fourth-order valence-electron chi connectivity index (χ4n) is 9.29. The molecule has 2 aliphatic heterocycles. The average Bonchev–Trinajstić information content (AvgIpc) is 4.29. The van der Waals surface area contributed by atoms with Gasteiger partial charge in [0.1, 0.15) is 0 Å². The first-order chi connectivity index (χ1) is 35.8. The van der Waals surface area contributed by atoms with Crippen molar-refractivity contribution >= 4 is 70.0 Å². The van der Waals surface area contributed by atoms with Crippen LogP contribution in [0.15, 0.2) is 121 Å². The number of benzene rings is 4. The average molecular weight is 1020 g/mol. The van der Waals surface area contributed by atoms with E-state index in [1.807, 2.05) is 173 Å². The molecule has 7 aromatic rings. The Morgan fingerprint density at radius 3 is 0.784 bits per heavy atom. The quantitative estimate of drug-likeness (QED) is 0.116. The third-order valence-electron chi connectivity index (χ3n) is 13.2. The number of carbonyl (C=O) groups is 4. The minimum absolute atomic E-state index is 0.0435. The molecule has 0 unspecified atom stereocenters. The molecule has 0 aliphatic carbocycles. The number of nitrogens with zero attached hydrogens (tertiary/aromatic N) is 8. The molecule has 9 rings (SSSR count). The van der Waals surface area contributed by atoms with E-state index in [2.05, 4.69) is 0 Å². The number of aromatic nitrogens is 4. The number of hydrogen-bond donors (Lipinski definition) is 0. The zero-order chi connectivity index (χ0) is 52.8. The third-order valence-corrected chi connectivity index (χ3v) is 13.2. The fraction of sp³-hybridized carbons (Fsp3) is 0.200. The van der Waals surface area contributed by atoms with Crippen LogP contribution in [-0.2, 0) is 21.0 Å². The van der Waals surface area contributed by atoms with Crippen LogP contribution >= 0.6 is 0 Å². The summed E-state index contributed by atoms with van der Waals surface area (Å²) in [6.45, 7) is 10.3. The van der Waals surface area contributed by atoms with Gasteiger partial charge in [-0.15, -0.1) is 22.1 Å². The van der Waals surface area contributed by atoms with Gasteiger partial charge in [-0.1, -0.05) is 72.8 Å². The second-order valence-electron chi connectivity index (χ2n) is 18.0. The molecule has 0 fully saturated rings. The van der Waals surface area contributed by atoms with Crippen LogP contribution in [0.2, 0.25) is 0 Å². The first kappa shape index (κ1) is 52.1. The Balaban J connectivity index is 0.00000360. The van der Waals surface area contributed by atoms with Gasteiger partial charge < -0.3 is 29.6 Å². The monoisotopic (exact) mass is 1020 g/mol. The van der Waals surface area contributed by atoms with Crippen molar-refractivity contribution < 1.29 is 40.2 Å². The van der Waals surface area contributed by atoms with Crippen molar-refractivity contribution in [2.24, 2.45) is 0 Å². The summed E-state index contributed by atoms with van der Waals surface area (Å²) in [7, 11) is 6.92. The van der Waals surface area contributed by atoms with Crippen molar-refractivity contribution in [3.63, 3.8) is 0 Å². The zero-order valence-electron chi connectivity index (χ0n) is 42.8. The van der Waals surface area contributed by atoms with E-state index in [0.717, 1.165) is 61.9 Å². The Kier molecular flexibility index (Phi) is 15.9. The zero-order valence-corrected chi connectivity index (χ0v) is 44.1. The number of carbonyl (C=O) groups excluding carboxylic acids is 4. The SMILES string of the molecule is CCN(CC)C(=O)c1ccc(-c2c3nc(c(-c4ccc(C(=O)N(C)C)cc4)c4ccc([n-]4)c(-c4ccc(C(=O)N(CC)CC)cc4)c4nc(c(-c5ccc(C(=O)N(C)C)cc5)c5ccc2[n-]5)C=C4)C=C3)cc1.[O]=[V+2]. The van der Waals surface area contributed by atoms with Crippen LogP contribution in [0.3, 0.4) is 0 Å². The van der Waals surface area contributed by atoms with Crippen LogP contribution in [0.4, 0.5) is 0 Å². The fourth-order valence-corrected chi connectivity index (χ4v) is 9.29. The van der Waals surface area contributed by atoms with Gasteiger partial charge in [-0.25, -0.2) is 9.97 Å². The maximum atomic E-state index is 13.5. The van der Waals surface area contributed by atoms with Crippen molar-refractivity contribution in [3.8, 4) is 44.5 Å². The summed E-state index contributed by atoms with van der Waals surface area (Å²) in [6.07, 6.45) is 7.92. The molecule has 3 aromatic heterocycles. The van der Waals surface area contributed by atoms with Gasteiger partial charge in [0.15, 0.2) is 0 Å². The van der Waals surface area contributed by atoms with Crippen molar-refractivity contribution in [2.75, 3.05) is 54.4 Å². The molecule has 0 radical (unpaired) electrons. The van der Waals surface area contributed by atoms with E-state index in [1.165, 1.54) is 0 Å². The predicted molar refractivity (Wildman–Crippen MR) is 290 cm³/mol. The van der Waals surface area contributed by atoms with E-state index in [1.54, 1.807) is 47.8 Å². The molecular weight excluding hydrogens is 964 g/mol. The van der Waals surface area contributed by atoms with Crippen molar-refractivity contribution in [1.29, 1.82) is 0 Å². The summed E-state index contributed by atoms with van der Waals surface area (Å²) >= 11 is 1.06. The topological polar surface area (TPSA) is 152 Å². The summed E-state index contributed by atoms with van der Waals surface area (Å²) in [5.41, 5.74) is 13.7. The summed E-state index contributed by atoms with van der Waals surface area (Å²) in [6, 6.07) is 38.1. The molecule has 8 bridgehead atoms. The molecule has 0 spiro atoms. The second kappa shape index (κ2) is 22.7. The molecule has 0 saturated heterocycles. The van der Waals surface area contributed by atoms with Crippen LogP contribution in [0.25, 0.3) is 90.9 Å². The van der Waals surface area contributed by atoms with E-state index in [0.29, 0.717) is 93.3 Å². The molecule has 74 heavy (non-hydrogen) atoms. The summed E-state index contributed by atoms with van der Waals surface area (Å²) in [5, 5.41) is 0.